The second-order valence-corrected chi connectivity index (χ2v) is 8.83. The molecule has 0 radical (unpaired) electrons. The fourth-order valence-electron chi connectivity index (χ4n) is 3.94. The number of para-hydroxylation sites is 1. The van der Waals surface area contributed by atoms with Gasteiger partial charge in [0.05, 0.1) is 30.7 Å². The lowest BCUT2D eigenvalue weighted by Gasteiger charge is -2.32. The maximum Gasteiger partial charge on any atom is 0.317 e. The van der Waals surface area contributed by atoms with Crippen LogP contribution in [0.1, 0.15) is 28.8 Å². The predicted octanol–water partition coefficient (Wildman–Crippen LogP) is 3.82. The maximum atomic E-state index is 13.2. The summed E-state index contributed by atoms with van der Waals surface area (Å²) in [5.41, 5.74) is 8.50. The number of nitrogen functional groups attached to an aromatic ring is 1. The van der Waals surface area contributed by atoms with Gasteiger partial charge in [0.25, 0.3) is 5.91 Å². The van der Waals surface area contributed by atoms with Gasteiger partial charge in [-0.25, -0.2) is 4.79 Å². The van der Waals surface area contributed by atoms with Crippen LogP contribution in [0.3, 0.4) is 0 Å². The highest BCUT2D eigenvalue weighted by Gasteiger charge is 2.21. The van der Waals surface area contributed by atoms with E-state index in [4.69, 9.17) is 15.2 Å². The van der Waals surface area contributed by atoms with Crippen molar-refractivity contribution in [2.24, 2.45) is 0 Å². The van der Waals surface area contributed by atoms with Crippen LogP contribution in [0.4, 0.5) is 16.2 Å². The molecule has 1 fully saturated rings. The van der Waals surface area contributed by atoms with Gasteiger partial charge in [-0.15, -0.1) is 24.8 Å². The molecule has 1 heterocycles. The number of anilines is 2. The van der Waals surface area contributed by atoms with Gasteiger partial charge in [0.2, 0.25) is 0 Å². The molecule has 0 spiro atoms. The van der Waals surface area contributed by atoms with Crippen molar-refractivity contribution in [3.8, 4) is 11.5 Å². The lowest BCUT2D eigenvalue weighted by Crippen LogP contribution is -2.50. The number of nitrogens with two attached hydrogens (primary N) is 1. The van der Waals surface area contributed by atoms with Gasteiger partial charge in [0.1, 0.15) is 11.5 Å². The third kappa shape index (κ3) is 8.59. The average molecular weight is 557 g/mol. The van der Waals surface area contributed by atoms with Gasteiger partial charge in [-0.1, -0.05) is 12.1 Å². The van der Waals surface area contributed by atoms with Gasteiger partial charge in [0.15, 0.2) is 0 Å². The Balaban J connectivity index is 0.00000342. The number of unbranched alkanes of at least 4 members (excludes halogenated alkanes) is 1. The van der Waals surface area contributed by atoms with Crippen molar-refractivity contribution in [3.63, 3.8) is 0 Å². The monoisotopic (exact) mass is 555 g/mol. The van der Waals surface area contributed by atoms with Crippen LogP contribution in [0, 0.1) is 6.92 Å². The molecule has 0 saturated carbocycles. The molecule has 0 unspecified atom stereocenters. The number of nitrogens with zero attached hydrogens (tertiary/aromatic N) is 3. The summed E-state index contributed by atoms with van der Waals surface area (Å²) < 4.78 is 11.3. The Morgan fingerprint density at radius 1 is 1.05 bits per heavy atom. The molecule has 3 rings (SSSR count). The molecule has 3 amide bonds. The Hall–Kier alpha value is -2.88. The first-order valence-electron chi connectivity index (χ1n) is 12.0. The Morgan fingerprint density at radius 2 is 1.76 bits per heavy atom. The Morgan fingerprint density at radius 3 is 2.43 bits per heavy atom. The molecule has 3 N–H and O–H groups in total. The van der Waals surface area contributed by atoms with Crippen LogP contribution in [-0.4, -0.2) is 82.3 Å². The van der Waals surface area contributed by atoms with E-state index in [1.165, 1.54) is 12.0 Å². The first kappa shape index (κ1) is 32.1. The number of urea groups is 1. The summed E-state index contributed by atoms with van der Waals surface area (Å²) in [6, 6.07) is 10.9. The molecule has 11 heteroatoms. The van der Waals surface area contributed by atoms with E-state index in [1.807, 2.05) is 30.0 Å². The molecule has 0 aliphatic carbocycles. The predicted molar refractivity (Wildman–Crippen MR) is 153 cm³/mol. The minimum atomic E-state index is -0.248. The second kappa shape index (κ2) is 15.4. The van der Waals surface area contributed by atoms with Crippen LogP contribution in [0.2, 0.25) is 0 Å². The van der Waals surface area contributed by atoms with Crippen molar-refractivity contribution >= 4 is 48.1 Å². The van der Waals surface area contributed by atoms with Gasteiger partial charge in [-0.2, -0.15) is 0 Å². The number of piperazine rings is 1. The van der Waals surface area contributed by atoms with E-state index >= 15 is 0 Å². The topological polar surface area (TPSA) is 100 Å². The molecule has 0 aromatic heterocycles. The minimum absolute atomic E-state index is 0. The van der Waals surface area contributed by atoms with E-state index in [-0.39, 0.29) is 36.8 Å². The lowest BCUT2D eigenvalue weighted by molar-refractivity contribution is 0.0992. The van der Waals surface area contributed by atoms with Gasteiger partial charge in [0, 0.05) is 39.8 Å². The van der Waals surface area contributed by atoms with Crippen molar-refractivity contribution in [3.05, 3.63) is 47.5 Å². The van der Waals surface area contributed by atoms with Gasteiger partial charge in [-0.05, 0) is 56.6 Å². The van der Waals surface area contributed by atoms with Crippen molar-refractivity contribution in [1.82, 2.24) is 15.1 Å². The number of hydrogen-bond acceptors (Lipinski definition) is 6. The normalized spacial score (nSPS) is 13.1. The van der Waals surface area contributed by atoms with E-state index in [1.54, 1.807) is 25.2 Å². The highest BCUT2D eigenvalue weighted by molar-refractivity contribution is 6.10. The fourth-order valence-corrected chi connectivity index (χ4v) is 3.94. The van der Waals surface area contributed by atoms with Crippen LogP contribution in [0.5, 0.6) is 11.5 Å². The van der Waals surface area contributed by atoms with Crippen LogP contribution < -0.4 is 25.4 Å². The standard InChI is InChI=1S/C26H37N5O4.2ClH/c1-19-10-11-21(30(3)25(32)20-8-7-9-22(34-4)24(20)27)23(18-19)35-17-6-5-12-28-26(33)31-15-13-29(2)14-16-31;;/h7-11,18H,5-6,12-17,27H2,1-4H3,(H,28,33);2*1H. The van der Waals surface area contributed by atoms with E-state index in [9.17, 15) is 9.59 Å². The molecule has 1 saturated heterocycles. The van der Waals surface area contributed by atoms with Crippen molar-refractivity contribution in [2.75, 3.05) is 71.2 Å². The first-order chi connectivity index (χ1) is 16.8. The minimum Gasteiger partial charge on any atom is -0.495 e. The van der Waals surface area contributed by atoms with Crippen LogP contribution >= 0.6 is 24.8 Å². The molecule has 2 aromatic carbocycles. The number of aryl methyl sites for hydroxylation is 1. The zero-order valence-electron chi connectivity index (χ0n) is 22.0. The number of rotatable bonds is 9. The third-order valence-corrected chi connectivity index (χ3v) is 6.19. The van der Waals surface area contributed by atoms with Gasteiger partial charge < -0.3 is 35.2 Å². The van der Waals surface area contributed by atoms with E-state index in [2.05, 4.69) is 17.3 Å². The number of hydrogen-bond donors (Lipinski definition) is 2. The summed E-state index contributed by atoms with van der Waals surface area (Å²) in [6.07, 6.45) is 1.58. The van der Waals surface area contributed by atoms with E-state index in [0.29, 0.717) is 41.6 Å². The zero-order valence-corrected chi connectivity index (χ0v) is 23.6. The lowest BCUT2D eigenvalue weighted by atomic mass is 10.1. The number of halogens is 2. The molecule has 1 aliphatic heterocycles. The molecule has 2 aromatic rings. The summed E-state index contributed by atoms with van der Waals surface area (Å²) in [5, 5.41) is 2.99. The molecule has 37 heavy (non-hydrogen) atoms. The number of amides is 3. The molecule has 9 nitrogen and oxygen atoms in total. The Labute approximate surface area is 232 Å². The van der Waals surface area contributed by atoms with E-state index in [0.717, 1.165) is 44.6 Å². The molecule has 1 aliphatic rings. The largest absolute Gasteiger partial charge is 0.495 e. The summed E-state index contributed by atoms with van der Waals surface area (Å²) >= 11 is 0. The third-order valence-electron chi connectivity index (χ3n) is 6.19. The number of benzene rings is 2. The smallest absolute Gasteiger partial charge is 0.317 e. The summed E-state index contributed by atoms with van der Waals surface area (Å²) in [6.45, 7) is 6.38. The van der Waals surface area contributed by atoms with Crippen LogP contribution in [-0.2, 0) is 0 Å². The van der Waals surface area contributed by atoms with Gasteiger partial charge >= 0.3 is 6.03 Å². The molecular formula is C26H39Cl2N5O4. The first-order valence-corrected chi connectivity index (χ1v) is 12.0. The number of nitrogens with one attached hydrogen (secondary N) is 1. The quantitative estimate of drug-likeness (QED) is 0.360. The Bertz CT molecular complexity index is 1030. The van der Waals surface area contributed by atoms with Gasteiger partial charge in [-0.3, -0.25) is 4.79 Å². The number of methoxy groups -OCH3 is 1. The molecule has 0 bridgehead atoms. The number of carbonyl (C=O) groups is 2. The van der Waals surface area contributed by atoms with Crippen molar-refractivity contribution in [1.29, 1.82) is 0 Å². The maximum absolute atomic E-state index is 13.2. The van der Waals surface area contributed by atoms with Crippen molar-refractivity contribution < 1.29 is 19.1 Å². The molecular weight excluding hydrogens is 517 g/mol. The zero-order chi connectivity index (χ0) is 25.4. The van der Waals surface area contributed by atoms with E-state index < -0.39 is 0 Å². The molecule has 206 valence electrons. The molecule has 0 atom stereocenters. The summed E-state index contributed by atoms with van der Waals surface area (Å²) in [4.78, 5) is 31.1. The SMILES string of the molecule is COc1cccc(C(=O)N(C)c2ccc(C)cc2OCCCCNC(=O)N2CCN(C)CC2)c1N.Cl.Cl. The number of carbonyl (C=O) groups excluding carboxylic acids is 2. The second-order valence-electron chi connectivity index (χ2n) is 8.83. The number of ether oxygens (including phenoxy) is 2. The van der Waals surface area contributed by atoms with Crippen LogP contribution in [0.25, 0.3) is 0 Å². The average Bonchev–Trinajstić information content (AvgIpc) is 2.85. The Kier molecular flexibility index (Phi) is 13.4. The fraction of sp³-hybridized carbons (Fsp3) is 0.462. The van der Waals surface area contributed by atoms with Crippen LogP contribution in [0.15, 0.2) is 36.4 Å². The summed E-state index contributed by atoms with van der Waals surface area (Å²) in [7, 11) is 5.29. The summed E-state index contributed by atoms with van der Waals surface area (Å²) in [5.74, 6) is 0.842. The highest BCUT2D eigenvalue weighted by Crippen LogP contribution is 2.32. The number of likely N-dealkylation sites (N-methyl/N-ethyl adjacent to an activating group) is 1. The highest BCUT2D eigenvalue weighted by atomic mass is 35.5. The van der Waals surface area contributed by atoms with Crippen molar-refractivity contribution in [2.45, 2.75) is 19.8 Å².